The Labute approximate surface area is 218 Å². The highest BCUT2D eigenvalue weighted by atomic mass is 35.5. The standard InChI is InChI=1S/C28H36ClN3O4/c1-30-27(34)24-7-6-22(18-25(24)29)31-12-8-19(9-13-31)16-20-10-14-32(15-11-20)28(35)26(33)21-4-3-5-23(17-21)36-2/h3-7,17-20,26,33H,8-16H2,1-2H3,(H,30,34). The third-order valence-electron chi connectivity index (χ3n) is 7.64. The van der Waals surface area contributed by atoms with Crippen LogP contribution in [0, 0.1) is 11.8 Å². The van der Waals surface area contributed by atoms with Gasteiger partial charge in [-0.05, 0) is 79.8 Å². The first-order chi connectivity index (χ1) is 17.4. The minimum Gasteiger partial charge on any atom is -0.497 e. The molecule has 2 N–H and O–H groups in total. The van der Waals surface area contributed by atoms with E-state index in [1.54, 1.807) is 49.4 Å². The van der Waals surface area contributed by atoms with Crippen molar-refractivity contribution in [1.29, 1.82) is 0 Å². The number of hydrogen-bond acceptors (Lipinski definition) is 5. The molecule has 0 spiro atoms. The van der Waals surface area contributed by atoms with Crippen LogP contribution in [0.15, 0.2) is 42.5 Å². The van der Waals surface area contributed by atoms with Crippen LogP contribution >= 0.6 is 11.6 Å². The SMILES string of the molecule is CNC(=O)c1ccc(N2CCC(CC3CCN(C(=O)C(O)c4cccc(OC)c4)CC3)CC2)cc1Cl. The Morgan fingerprint density at radius 2 is 1.72 bits per heavy atom. The van der Waals surface area contributed by atoms with Crippen molar-refractivity contribution in [2.75, 3.05) is 45.2 Å². The molecule has 4 rings (SSSR count). The molecule has 2 saturated heterocycles. The Morgan fingerprint density at radius 1 is 1.06 bits per heavy atom. The molecule has 2 aromatic carbocycles. The van der Waals surface area contributed by atoms with Crippen molar-refractivity contribution in [1.82, 2.24) is 10.2 Å². The van der Waals surface area contributed by atoms with E-state index >= 15 is 0 Å². The molecule has 0 aliphatic carbocycles. The van der Waals surface area contributed by atoms with Crippen molar-refractivity contribution < 1.29 is 19.4 Å². The van der Waals surface area contributed by atoms with Gasteiger partial charge >= 0.3 is 0 Å². The van der Waals surface area contributed by atoms with Gasteiger partial charge < -0.3 is 25.0 Å². The summed E-state index contributed by atoms with van der Waals surface area (Å²) < 4.78 is 5.21. The summed E-state index contributed by atoms with van der Waals surface area (Å²) in [6.45, 7) is 3.34. The average molecular weight is 514 g/mol. The number of rotatable bonds is 7. The van der Waals surface area contributed by atoms with Gasteiger partial charge in [0.15, 0.2) is 6.10 Å². The fraction of sp³-hybridized carbons (Fsp3) is 0.500. The van der Waals surface area contributed by atoms with E-state index in [0.717, 1.165) is 44.5 Å². The second kappa shape index (κ2) is 12.0. The zero-order chi connectivity index (χ0) is 25.7. The molecule has 1 atom stereocenters. The largest absolute Gasteiger partial charge is 0.497 e. The summed E-state index contributed by atoms with van der Waals surface area (Å²) >= 11 is 6.34. The van der Waals surface area contributed by atoms with Crippen LogP contribution in [-0.4, -0.2) is 62.2 Å². The van der Waals surface area contributed by atoms with Crippen LogP contribution in [0.1, 0.15) is 54.1 Å². The average Bonchev–Trinajstić information content (AvgIpc) is 2.92. The van der Waals surface area contributed by atoms with Crippen LogP contribution in [0.5, 0.6) is 5.75 Å². The number of amides is 2. The fourth-order valence-corrected chi connectivity index (χ4v) is 5.69. The lowest BCUT2D eigenvalue weighted by atomic mass is 9.82. The number of hydrogen-bond donors (Lipinski definition) is 2. The summed E-state index contributed by atoms with van der Waals surface area (Å²) in [6.07, 6.45) is 4.25. The van der Waals surface area contributed by atoms with E-state index in [-0.39, 0.29) is 11.8 Å². The number of benzene rings is 2. The molecule has 194 valence electrons. The van der Waals surface area contributed by atoms with Crippen molar-refractivity contribution in [2.24, 2.45) is 11.8 Å². The maximum absolute atomic E-state index is 12.9. The topological polar surface area (TPSA) is 82.1 Å². The molecule has 2 aromatic rings. The third kappa shape index (κ3) is 6.13. The molecule has 8 heteroatoms. The Bertz CT molecular complexity index is 1060. The predicted molar refractivity (Wildman–Crippen MR) is 142 cm³/mol. The molecule has 1 unspecified atom stereocenters. The normalized spacial score (nSPS) is 18.1. The highest BCUT2D eigenvalue weighted by molar-refractivity contribution is 6.34. The second-order valence-electron chi connectivity index (χ2n) is 9.86. The van der Waals surface area contributed by atoms with E-state index in [1.165, 1.54) is 6.42 Å². The number of carbonyl (C=O) groups is 2. The van der Waals surface area contributed by atoms with Crippen molar-refractivity contribution in [3.05, 3.63) is 58.6 Å². The number of methoxy groups -OCH3 is 1. The third-order valence-corrected chi connectivity index (χ3v) is 7.95. The molecule has 2 heterocycles. The van der Waals surface area contributed by atoms with Gasteiger partial charge in [-0.3, -0.25) is 9.59 Å². The smallest absolute Gasteiger partial charge is 0.256 e. The summed E-state index contributed by atoms with van der Waals surface area (Å²) in [5.41, 5.74) is 2.13. The molecule has 7 nitrogen and oxygen atoms in total. The summed E-state index contributed by atoms with van der Waals surface area (Å²) in [5, 5.41) is 13.7. The zero-order valence-corrected chi connectivity index (χ0v) is 21.8. The van der Waals surface area contributed by atoms with E-state index < -0.39 is 6.10 Å². The van der Waals surface area contributed by atoms with Gasteiger partial charge in [-0.25, -0.2) is 0 Å². The second-order valence-corrected chi connectivity index (χ2v) is 10.3. The van der Waals surface area contributed by atoms with Gasteiger partial charge in [0.05, 0.1) is 17.7 Å². The lowest BCUT2D eigenvalue weighted by molar-refractivity contribution is -0.142. The van der Waals surface area contributed by atoms with Crippen LogP contribution in [0.2, 0.25) is 5.02 Å². The van der Waals surface area contributed by atoms with Gasteiger partial charge in [0.25, 0.3) is 11.8 Å². The van der Waals surface area contributed by atoms with E-state index in [1.807, 2.05) is 12.1 Å². The van der Waals surface area contributed by atoms with Gasteiger partial charge in [-0.1, -0.05) is 23.7 Å². The van der Waals surface area contributed by atoms with Gasteiger partial charge in [0.2, 0.25) is 0 Å². The molecule has 2 amide bonds. The molecular formula is C28H36ClN3O4. The number of halogens is 1. The summed E-state index contributed by atoms with van der Waals surface area (Å²) in [7, 11) is 3.17. The number of likely N-dealkylation sites (tertiary alicyclic amines) is 1. The fourth-order valence-electron chi connectivity index (χ4n) is 5.43. The minimum absolute atomic E-state index is 0.173. The summed E-state index contributed by atoms with van der Waals surface area (Å²) in [5.74, 6) is 1.52. The quantitative estimate of drug-likeness (QED) is 0.577. The first-order valence-corrected chi connectivity index (χ1v) is 13.1. The molecule has 0 radical (unpaired) electrons. The van der Waals surface area contributed by atoms with Gasteiger partial charge in [0.1, 0.15) is 5.75 Å². The van der Waals surface area contributed by atoms with Crippen molar-refractivity contribution in [3.63, 3.8) is 0 Å². The van der Waals surface area contributed by atoms with Gasteiger partial charge in [-0.2, -0.15) is 0 Å². The van der Waals surface area contributed by atoms with Crippen molar-refractivity contribution in [2.45, 2.75) is 38.2 Å². The molecule has 2 aliphatic heterocycles. The maximum Gasteiger partial charge on any atom is 0.256 e. The summed E-state index contributed by atoms with van der Waals surface area (Å²) in [6, 6.07) is 12.7. The number of aliphatic hydroxyl groups excluding tert-OH is 1. The van der Waals surface area contributed by atoms with Crippen molar-refractivity contribution in [3.8, 4) is 5.75 Å². The van der Waals surface area contributed by atoms with E-state index in [4.69, 9.17) is 16.3 Å². The minimum atomic E-state index is -1.15. The lowest BCUT2D eigenvalue weighted by Crippen LogP contribution is -2.42. The van der Waals surface area contributed by atoms with E-state index in [2.05, 4.69) is 10.2 Å². The van der Waals surface area contributed by atoms with Crippen molar-refractivity contribution >= 4 is 29.1 Å². The molecule has 0 aromatic heterocycles. The van der Waals surface area contributed by atoms with Crippen LogP contribution in [-0.2, 0) is 4.79 Å². The zero-order valence-electron chi connectivity index (χ0n) is 21.1. The van der Waals surface area contributed by atoms with Gasteiger partial charge in [-0.15, -0.1) is 0 Å². The number of carbonyl (C=O) groups excluding carboxylic acids is 2. The first kappa shape index (κ1) is 26.3. The number of anilines is 1. The van der Waals surface area contributed by atoms with Crippen LogP contribution in [0.3, 0.4) is 0 Å². The van der Waals surface area contributed by atoms with E-state index in [0.29, 0.717) is 46.8 Å². The number of nitrogens with zero attached hydrogens (tertiary/aromatic N) is 2. The molecule has 0 bridgehead atoms. The number of piperidine rings is 2. The lowest BCUT2D eigenvalue weighted by Gasteiger charge is -2.38. The maximum atomic E-state index is 12.9. The number of aliphatic hydroxyl groups is 1. The van der Waals surface area contributed by atoms with E-state index in [9.17, 15) is 14.7 Å². The molecule has 2 fully saturated rings. The summed E-state index contributed by atoms with van der Waals surface area (Å²) in [4.78, 5) is 28.9. The first-order valence-electron chi connectivity index (χ1n) is 12.8. The molecule has 0 saturated carbocycles. The predicted octanol–water partition coefficient (Wildman–Crippen LogP) is 4.29. The van der Waals surface area contributed by atoms with Crippen LogP contribution < -0.4 is 15.0 Å². The number of nitrogens with one attached hydrogen (secondary N) is 1. The van der Waals surface area contributed by atoms with Crippen LogP contribution in [0.4, 0.5) is 5.69 Å². The Morgan fingerprint density at radius 3 is 2.33 bits per heavy atom. The highest BCUT2D eigenvalue weighted by Crippen LogP contribution is 2.33. The monoisotopic (exact) mass is 513 g/mol. The molecular weight excluding hydrogens is 478 g/mol. The Kier molecular flexibility index (Phi) is 8.75. The Balaban J connectivity index is 1.23. The van der Waals surface area contributed by atoms with Gasteiger partial charge in [0, 0.05) is 38.9 Å². The molecule has 36 heavy (non-hydrogen) atoms. The molecule has 2 aliphatic rings. The Hall–Kier alpha value is -2.77. The highest BCUT2D eigenvalue weighted by Gasteiger charge is 2.30. The van der Waals surface area contributed by atoms with Crippen LogP contribution in [0.25, 0.3) is 0 Å². The number of ether oxygens (including phenoxy) is 1.